The first kappa shape index (κ1) is 19.6. The number of rotatable bonds is 3. The minimum absolute atomic E-state index is 0.0518. The third kappa shape index (κ3) is 4.59. The molecule has 0 aromatic heterocycles. The van der Waals surface area contributed by atoms with Crippen LogP contribution in [0.5, 0.6) is 0 Å². The van der Waals surface area contributed by atoms with E-state index in [0.717, 1.165) is 22.2 Å². The van der Waals surface area contributed by atoms with E-state index in [1.54, 1.807) is 11.0 Å². The van der Waals surface area contributed by atoms with Crippen LogP contribution in [0.2, 0.25) is 0 Å². The van der Waals surface area contributed by atoms with Crippen LogP contribution in [0.4, 0.5) is 4.79 Å². The summed E-state index contributed by atoms with van der Waals surface area (Å²) in [5.74, 6) is -0.636. The summed E-state index contributed by atoms with van der Waals surface area (Å²) in [6, 6.07) is 7.93. The predicted octanol–water partition coefficient (Wildman–Crippen LogP) is 2.88. The molecule has 2 aliphatic rings. The summed E-state index contributed by atoms with van der Waals surface area (Å²) in [5, 5.41) is -0.404. The van der Waals surface area contributed by atoms with Crippen LogP contribution < -0.4 is 0 Å². The van der Waals surface area contributed by atoms with Crippen LogP contribution >= 0.6 is 11.8 Å². The number of morpholine rings is 1. The summed E-state index contributed by atoms with van der Waals surface area (Å²) < 4.78 is 5.22. The highest BCUT2D eigenvalue weighted by atomic mass is 32.2. The quantitative estimate of drug-likeness (QED) is 0.745. The van der Waals surface area contributed by atoms with Crippen LogP contribution in [0.25, 0.3) is 6.08 Å². The van der Waals surface area contributed by atoms with E-state index >= 15 is 0 Å². The number of hydrogen-bond acceptors (Lipinski definition) is 5. The first-order chi connectivity index (χ1) is 12.8. The lowest BCUT2D eigenvalue weighted by molar-refractivity contribution is -0.139. The molecule has 2 heterocycles. The smallest absolute Gasteiger partial charge is 0.294 e. The highest BCUT2D eigenvalue weighted by Gasteiger charge is 2.37. The van der Waals surface area contributed by atoms with Crippen molar-refractivity contribution in [2.24, 2.45) is 0 Å². The number of benzene rings is 1. The maximum absolute atomic E-state index is 12.6. The number of amides is 3. The molecule has 3 amide bonds. The third-order valence-corrected chi connectivity index (χ3v) is 5.51. The SMILES string of the molecule is CC(C)(C)c1ccc(/C=C2/SC(=O)N(CC(=O)N3CCOCC3)C2=O)cc1. The fourth-order valence-corrected chi connectivity index (χ4v) is 3.75. The molecule has 0 atom stereocenters. The predicted molar refractivity (Wildman–Crippen MR) is 105 cm³/mol. The molecule has 2 fully saturated rings. The minimum Gasteiger partial charge on any atom is -0.378 e. The molecule has 6 nitrogen and oxygen atoms in total. The molecule has 0 spiro atoms. The zero-order valence-corrected chi connectivity index (χ0v) is 16.7. The van der Waals surface area contributed by atoms with Crippen molar-refractivity contribution in [1.29, 1.82) is 0 Å². The number of nitrogens with zero attached hydrogens (tertiary/aromatic N) is 2. The lowest BCUT2D eigenvalue weighted by Crippen LogP contribution is -2.46. The number of ether oxygens (including phenoxy) is 1. The Bertz CT molecular complexity index is 774. The molecule has 0 saturated carbocycles. The highest BCUT2D eigenvalue weighted by Crippen LogP contribution is 2.32. The zero-order chi connectivity index (χ0) is 19.6. The van der Waals surface area contributed by atoms with Gasteiger partial charge in [-0.05, 0) is 34.4 Å². The molecule has 0 radical (unpaired) electrons. The van der Waals surface area contributed by atoms with Gasteiger partial charge < -0.3 is 9.64 Å². The molecule has 0 unspecified atom stereocenters. The molecule has 3 rings (SSSR count). The van der Waals surface area contributed by atoms with Gasteiger partial charge in [-0.2, -0.15) is 0 Å². The first-order valence-electron chi connectivity index (χ1n) is 8.97. The van der Waals surface area contributed by atoms with Gasteiger partial charge in [-0.25, -0.2) is 0 Å². The maximum atomic E-state index is 12.6. The van der Waals surface area contributed by atoms with E-state index in [1.807, 2.05) is 24.3 Å². The number of thioether (sulfide) groups is 1. The van der Waals surface area contributed by atoms with Gasteiger partial charge >= 0.3 is 0 Å². The van der Waals surface area contributed by atoms with Crippen molar-refractivity contribution >= 4 is 34.9 Å². The van der Waals surface area contributed by atoms with E-state index in [2.05, 4.69) is 20.8 Å². The van der Waals surface area contributed by atoms with E-state index in [4.69, 9.17) is 4.74 Å². The van der Waals surface area contributed by atoms with Gasteiger partial charge in [0.2, 0.25) is 5.91 Å². The third-order valence-electron chi connectivity index (χ3n) is 4.61. The molecule has 1 aromatic carbocycles. The van der Waals surface area contributed by atoms with Crippen molar-refractivity contribution in [1.82, 2.24) is 9.80 Å². The molecule has 7 heteroatoms. The van der Waals surface area contributed by atoms with E-state index in [0.29, 0.717) is 31.2 Å². The van der Waals surface area contributed by atoms with Crippen molar-refractivity contribution in [3.63, 3.8) is 0 Å². The molecule has 2 aliphatic heterocycles. The average molecular weight is 388 g/mol. The van der Waals surface area contributed by atoms with Crippen LogP contribution in [0, 0.1) is 0 Å². The highest BCUT2D eigenvalue weighted by molar-refractivity contribution is 8.18. The van der Waals surface area contributed by atoms with Crippen LogP contribution in [0.15, 0.2) is 29.2 Å². The van der Waals surface area contributed by atoms with E-state index in [-0.39, 0.29) is 17.9 Å². The van der Waals surface area contributed by atoms with Gasteiger partial charge in [0.15, 0.2) is 0 Å². The Morgan fingerprint density at radius 3 is 2.37 bits per heavy atom. The normalized spacial score (nSPS) is 19.9. The molecule has 0 aliphatic carbocycles. The second kappa shape index (κ2) is 7.86. The Morgan fingerprint density at radius 1 is 1.15 bits per heavy atom. The van der Waals surface area contributed by atoms with E-state index < -0.39 is 11.1 Å². The standard InChI is InChI=1S/C20H24N2O4S/c1-20(2,3)15-6-4-14(5-7-15)12-16-18(24)22(19(25)27-16)13-17(23)21-8-10-26-11-9-21/h4-7,12H,8-11,13H2,1-3H3/b16-12+. The Balaban J connectivity index is 1.69. The second-order valence-electron chi connectivity index (χ2n) is 7.63. The van der Waals surface area contributed by atoms with Crippen molar-refractivity contribution in [2.45, 2.75) is 26.2 Å². The van der Waals surface area contributed by atoms with Crippen molar-refractivity contribution < 1.29 is 19.1 Å². The monoisotopic (exact) mass is 388 g/mol. The van der Waals surface area contributed by atoms with Gasteiger partial charge in [-0.15, -0.1) is 0 Å². The largest absolute Gasteiger partial charge is 0.378 e. The fourth-order valence-electron chi connectivity index (χ4n) is 2.92. The van der Waals surface area contributed by atoms with Crippen molar-refractivity contribution in [3.05, 3.63) is 40.3 Å². The zero-order valence-electron chi connectivity index (χ0n) is 15.9. The first-order valence-corrected chi connectivity index (χ1v) is 9.79. The average Bonchev–Trinajstić information content (AvgIpc) is 2.89. The van der Waals surface area contributed by atoms with Crippen molar-refractivity contribution in [3.8, 4) is 0 Å². The Kier molecular flexibility index (Phi) is 5.72. The molecule has 27 heavy (non-hydrogen) atoms. The van der Waals surface area contributed by atoms with Crippen LogP contribution in [0.1, 0.15) is 31.9 Å². The number of carbonyl (C=O) groups excluding carboxylic acids is 3. The summed E-state index contributed by atoms with van der Waals surface area (Å²) in [5.41, 5.74) is 2.10. The van der Waals surface area contributed by atoms with Gasteiger partial charge in [-0.1, -0.05) is 45.0 Å². The summed E-state index contributed by atoms with van der Waals surface area (Å²) in [7, 11) is 0. The summed E-state index contributed by atoms with van der Waals surface area (Å²) in [4.78, 5) is 40.1. The van der Waals surface area contributed by atoms with E-state index in [1.165, 1.54) is 5.56 Å². The fraction of sp³-hybridized carbons (Fsp3) is 0.450. The lowest BCUT2D eigenvalue weighted by Gasteiger charge is -2.28. The van der Waals surface area contributed by atoms with Gasteiger partial charge in [0.25, 0.3) is 11.1 Å². The van der Waals surface area contributed by atoms with Gasteiger partial charge in [0.05, 0.1) is 18.1 Å². The maximum Gasteiger partial charge on any atom is 0.294 e. The topological polar surface area (TPSA) is 66.9 Å². The van der Waals surface area contributed by atoms with Crippen LogP contribution in [0.3, 0.4) is 0 Å². The van der Waals surface area contributed by atoms with Crippen LogP contribution in [-0.4, -0.2) is 59.7 Å². The molecule has 0 bridgehead atoms. The summed E-state index contributed by atoms with van der Waals surface area (Å²) >= 11 is 0.878. The molecular formula is C20H24N2O4S. The van der Waals surface area contributed by atoms with Crippen LogP contribution in [-0.2, 0) is 19.7 Å². The van der Waals surface area contributed by atoms with Gasteiger partial charge in [0, 0.05) is 13.1 Å². The van der Waals surface area contributed by atoms with Gasteiger partial charge in [0.1, 0.15) is 6.54 Å². The molecule has 0 N–H and O–H groups in total. The van der Waals surface area contributed by atoms with Crippen molar-refractivity contribution in [2.75, 3.05) is 32.8 Å². The minimum atomic E-state index is -0.411. The lowest BCUT2D eigenvalue weighted by atomic mass is 9.87. The Morgan fingerprint density at radius 2 is 1.78 bits per heavy atom. The molecular weight excluding hydrogens is 364 g/mol. The summed E-state index contributed by atoms with van der Waals surface area (Å²) in [6.45, 7) is 8.15. The molecule has 1 aromatic rings. The van der Waals surface area contributed by atoms with E-state index in [9.17, 15) is 14.4 Å². The summed E-state index contributed by atoms with van der Waals surface area (Å²) in [6.07, 6.45) is 1.70. The second-order valence-corrected chi connectivity index (χ2v) is 8.63. The number of hydrogen-bond donors (Lipinski definition) is 0. The molecule has 144 valence electrons. The Labute approximate surface area is 163 Å². The Hall–Kier alpha value is -2.12. The number of carbonyl (C=O) groups is 3. The number of imide groups is 1. The van der Waals surface area contributed by atoms with Gasteiger partial charge in [-0.3, -0.25) is 19.3 Å². The molecule has 2 saturated heterocycles.